The molecular weight excluding hydrogens is 516 g/mol. The van der Waals surface area contributed by atoms with Crippen LogP contribution >= 0.6 is 15.9 Å². The minimum Gasteiger partial charge on any atom is -0.482 e. The van der Waals surface area contributed by atoms with Crippen molar-refractivity contribution in [2.75, 3.05) is 23.9 Å². The van der Waals surface area contributed by atoms with Crippen molar-refractivity contribution in [1.29, 1.82) is 0 Å². The molecule has 0 aromatic heterocycles. The van der Waals surface area contributed by atoms with Crippen LogP contribution in [0.2, 0.25) is 0 Å². The molecule has 0 saturated carbocycles. The average molecular weight is 541 g/mol. The van der Waals surface area contributed by atoms with Crippen molar-refractivity contribution in [1.82, 2.24) is 0 Å². The summed E-state index contributed by atoms with van der Waals surface area (Å²) in [6.45, 7) is 0. The van der Waals surface area contributed by atoms with Crippen LogP contribution in [0.25, 0.3) is 0 Å². The topological polar surface area (TPSA) is 49.9 Å². The molecule has 1 aliphatic heterocycles. The van der Waals surface area contributed by atoms with Crippen molar-refractivity contribution in [2.45, 2.75) is 12.1 Å². The normalized spacial score (nSPS) is 16.6. The molecule has 2 atom stereocenters. The average Bonchev–Trinajstić information content (AvgIpc) is 2.91. The van der Waals surface area contributed by atoms with Crippen LogP contribution in [0.5, 0.6) is 5.75 Å². The maximum absolute atomic E-state index is 14.1. The zero-order valence-corrected chi connectivity index (χ0v) is 21.6. The number of para-hydroxylation sites is 1. The second-order valence-corrected chi connectivity index (χ2v) is 9.76. The molecule has 0 radical (unpaired) electrons. The van der Waals surface area contributed by atoms with Gasteiger partial charge in [0.25, 0.3) is 5.91 Å². The van der Waals surface area contributed by atoms with E-state index >= 15 is 0 Å². The second kappa shape index (κ2) is 9.99. The van der Waals surface area contributed by atoms with E-state index in [0.29, 0.717) is 22.6 Å². The molecule has 4 aromatic carbocycles. The SMILES string of the molecule is CN(C)c1ccc(C2Oc3ccccc3C(=O)C2N(C(=O)c2ccccc2)c2ccc(Br)cc2)cc1. The van der Waals surface area contributed by atoms with Crippen molar-refractivity contribution < 1.29 is 14.3 Å². The Hall–Kier alpha value is -3.90. The lowest BCUT2D eigenvalue weighted by molar-refractivity contribution is 0.0730. The molecule has 1 aliphatic rings. The van der Waals surface area contributed by atoms with Gasteiger partial charge in [0.15, 0.2) is 11.9 Å². The van der Waals surface area contributed by atoms with Crippen LogP contribution in [-0.2, 0) is 0 Å². The van der Waals surface area contributed by atoms with Gasteiger partial charge in [0.1, 0.15) is 11.8 Å². The van der Waals surface area contributed by atoms with Crippen molar-refractivity contribution >= 4 is 39.0 Å². The van der Waals surface area contributed by atoms with Gasteiger partial charge < -0.3 is 9.64 Å². The Bertz CT molecular complexity index is 1390. The van der Waals surface area contributed by atoms with Crippen LogP contribution in [-0.4, -0.2) is 31.8 Å². The minimum atomic E-state index is -0.904. The van der Waals surface area contributed by atoms with Gasteiger partial charge in [-0.05, 0) is 66.2 Å². The van der Waals surface area contributed by atoms with Gasteiger partial charge in [-0.15, -0.1) is 0 Å². The molecule has 0 fully saturated rings. The first-order chi connectivity index (χ1) is 17.4. The summed E-state index contributed by atoms with van der Waals surface area (Å²) in [6, 6.07) is 30.6. The van der Waals surface area contributed by atoms with E-state index in [1.54, 1.807) is 29.2 Å². The quantitative estimate of drug-likeness (QED) is 0.288. The smallest absolute Gasteiger partial charge is 0.259 e. The predicted molar refractivity (Wildman–Crippen MR) is 146 cm³/mol. The summed E-state index contributed by atoms with van der Waals surface area (Å²) in [5, 5.41) is 0. The number of ketones is 1. The maximum atomic E-state index is 14.1. The van der Waals surface area contributed by atoms with Gasteiger partial charge in [0.2, 0.25) is 0 Å². The number of hydrogen-bond acceptors (Lipinski definition) is 4. The first-order valence-corrected chi connectivity index (χ1v) is 12.4. The number of halogens is 1. The van der Waals surface area contributed by atoms with E-state index in [-0.39, 0.29) is 11.7 Å². The van der Waals surface area contributed by atoms with E-state index < -0.39 is 12.1 Å². The third-order valence-electron chi connectivity index (χ3n) is 6.32. The molecule has 0 N–H and O–H groups in total. The Morgan fingerprint density at radius 2 is 1.39 bits per heavy atom. The number of Topliss-reactive ketones (excluding diaryl/α,β-unsaturated/α-hetero) is 1. The Labute approximate surface area is 219 Å². The Balaban J connectivity index is 1.68. The fraction of sp³-hybridized carbons (Fsp3) is 0.133. The lowest BCUT2D eigenvalue weighted by Gasteiger charge is -2.39. The predicted octanol–water partition coefficient (Wildman–Crippen LogP) is 6.55. The van der Waals surface area contributed by atoms with Crippen LogP contribution in [0.1, 0.15) is 32.4 Å². The molecular formula is C30H25BrN2O3. The summed E-state index contributed by atoms with van der Waals surface area (Å²) >= 11 is 3.47. The number of ether oxygens (including phenoxy) is 1. The van der Waals surface area contributed by atoms with Gasteiger partial charge in [0, 0.05) is 35.5 Å². The van der Waals surface area contributed by atoms with E-state index in [0.717, 1.165) is 15.7 Å². The Morgan fingerprint density at radius 3 is 2.06 bits per heavy atom. The fourth-order valence-electron chi connectivity index (χ4n) is 4.46. The number of nitrogens with zero attached hydrogens (tertiary/aromatic N) is 2. The van der Waals surface area contributed by atoms with Crippen molar-refractivity contribution in [2.24, 2.45) is 0 Å². The van der Waals surface area contributed by atoms with Crippen molar-refractivity contribution in [3.8, 4) is 5.75 Å². The number of benzene rings is 4. The third kappa shape index (κ3) is 4.52. The molecule has 0 bridgehead atoms. The zero-order chi connectivity index (χ0) is 25.2. The van der Waals surface area contributed by atoms with Crippen LogP contribution in [0.4, 0.5) is 11.4 Å². The number of rotatable bonds is 5. The largest absolute Gasteiger partial charge is 0.482 e. The monoisotopic (exact) mass is 540 g/mol. The Morgan fingerprint density at radius 1 is 0.778 bits per heavy atom. The molecule has 0 aliphatic carbocycles. The second-order valence-electron chi connectivity index (χ2n) is 8.85. The number of anilines is 2. The van der Waals surface area contributed by atoms with Crippen LogP contribution in [0.3, 0.4) is 0 Å². The van der Waals surface area contributed by atoms with Gasteiger partial charge in [-0.2, -0.15) is 0 Å². The first-order valence-electron chi connectivity index (χ1n) is 11.7. The van der Waals surface area contributed by atoms with E-state index in [1.807, 2.05) is 97.9 Å². The zero-order valence-electron chi connectivity index (χ0n) is 20.0. The summed E-state index contributed by atoms with van der Waals surface area (Å²) in [5.74, 6) is 0.0863. The molecule has 36 heavy (non-hydrogen) atoms. The summed E-state index contributed by atoms with van der Waals surface area (Å²) in [6.07, 6.45) is -0.695. The highest BCUT2D eigenvalue weighted by atomic mass is 79.9. The standard InChI is InChI=1S/C30H25BrN2O3/c1-32(2)23-16-12-20(13-17-23)29-27(28(34)25-10-6-7-11-26(25)36-29)33(24-18-14-22(31)15-19-24)30(35)21-8-4-3-5-9-21/h3-19,27,29H,1-2H3. The van der Waals surface area contributed by atoms with Gasteiger partial charge in [0.05, 0.1) is 5.56 Å². The van der Waals surface area contributed by atoms with E-state index in [9.17, 15) is 9.59 Å². The van der Waals surface area contributed by atoms with Gasteiger partial charge in [-0.3, -0.25) is 14.5 Å². The van der Waals surface area contributed by atoms with Crippen LogP contribution < -0.4 is 14.5 Å². The molecule has 180 valence electrons. The highest BCUT2D eigenvalue weighted by Crippen LogP contribution is 2.40. The molecule has 4 aromatic rings. The van der Waals surface area contributed by atoms with Gasteiger partial charge >= 0.3 is 0 Å². The third-order valence-corrected chi connectivity index (χ3v) is 6.85. The van der Waals surface area contributed by atoms with Crippen LogP contribution in [0, 0.1) is 0 Å². The number of hydrogen-bond donors (Lipinski definition) is 0. The van der Waals surface area contributed by atoms with Gasteiger partial charge in [-0.1, -0.05) is 58.4 Å². The molecule has 1 heterocycles. The van der Waals surface area contributed by atoms with Crippen LogP contribution in [0.15, 0.2) is 108 Å². The van der Waals surface area contributed by atoms with Gasteiger partial charge in [-0.25, -0.2) is 0 Å². The summed E-state index contributed by atoms with van der Waals surface area (Å²) in [4.78, 5) is 31.7. The molecule has 5 nitrogen and oxygen atoms in total. The van der Waals surface area contributed by atoms with E-state index in [1.165, 1.54) is 0 Å². The lowest BCUT2D eigenvalue weighted by atomic mass is 9.89. The molecule has 0 saturated heterocycles. The van der Waals surface area contributed by atoms with E-state index in [4.69, 9.17) is 4.74 Å². The number of carbonyl (C=O) groups excluding carboxylic acids is 2. The first kappa shape index (κ1) is 23.8. The Kier molecular flexibility index (Phi) is 6.61. The molecule has 6 heteroatoms. The summed E-state index contributed by atoms with van der Waals surface area (Å²) in [7, 11) is 3.95. The van der Waals surface area contributed by atoms with Crippen molar-refractivity contribution in [3.05, 3.63) is 124 Å². The maximum Gasteiger partial charge on any atom is 0.259 e. The summed E-state index contributed by atoms with van der Waals surface area (Å²) < 4.78 is 7.36. The number of fused-ring (bicyclic) bond motifs is 1. The fourth-order valence-corrected chi connectivity index (χ4v) is 4.73. The number of amides is 1. The molecule has 1 amide bonds. The van der Waals surface area contributed by atoms with E-state index in [2.05, 4.69) is 15.9 Å². The highest BCUT2D eigenvalue weighted by molar-refractivity contribution is 9.10. The minimum absolute atomic E-state index is 0.161. The summed E-state index contributed by atoms with van der Waals surface area (Å²) in [5.41, 5.74) is 3.42. The molecule has 0 spiro atoms. The van der Waals surface area contributed by atoms with Crippen molar-refractivity contribution in [3.63, 3.8) is 0 Å². The highest BCUT2D eigenvalue weighted by Gasteiger charge is 2.44. The molecule has 2 unspecified atom stereocenters. The molecule has 5 rings (SSSR count). The number of carbonyl (C=O) groups is 2. The lowest BCUT2D eigenvalue weighted by Crippen LogP contribution is -2.52.